The van der Waals surface area contributed by atoms with Crippen LogP contribution in [0.5, 0.6) is 0 Å². The summed E-state index contributed by atoms with van der Waals surface area (Å²) in [6, 6.07) is 16.7. The zero-order valence-electron chi connectivity index (χ0n) is 15.4. The molecule has 0 heterocycles. The van der Waals surface area contributed by atoms with Gasteiger partial charge < -0.3 is 16.0 Å². The summed E-state index contributed by atoms with van der Waals surface area (Å²) in [6.07, 6.45) is 2.22. The minimum atomic E-state index is -0.493. The Morgan fingerprint density at radius 2 is 1.74 bits per heavy atom. The number of benzene rings is 2. The number of carbonyl (C=O) groups excluding carboxylic acids is 2. The van der Waals surface area contributed by atoms with E-state index in [9.17, 15) is 14.9 Å². The van der Waals surface area contributed by atoms with Crippen LogP contribution in [0.1, 0.15) is 18.1 Å². The number of hydrogen-bond acceptors (Lipinski definition) is 4. The smallest absolute Gasteiger partial charge is 0.267 e. The number of nitriles is 1. The first kappa shape index (κ1) is 19.7. The fourth-order valence-corrected chi connectivity index (χ4v) is 2.45. The molecule has 0 radical (unpaired) electrons. The van der Waals surface area contributed by atoms with Crippen molar-refractivity contribution in [2.24, 2.45) is 0 Å². The standard InChI is InChI=1S/C21H22N4O2/c1-15-4-3-5-17(12-15)10-11-23-14-18(13-22)21(27)25-20-8-6-19(7-9-20)24-16(2)26/h3-9,12,14,23H,10-11H2,1-2H3,(H,24,26)(H,25,27)/b18-14-. The van der Waals surface area contributed by atoms with Crippen molar-refractivity contribution in [3.05, 3.63) is 71.4 Å². The Labute approximate surface area is 158 Å². The summed E-state index contributed by atoms with van der Waals surface area (Å²) < 4.78 is 0. The monoisotopic (exact) mass is 362 g/mol. The summed E-state index contributed by atoms with van der Waals surface area (Å²) in [4.78, 5) is 23.2. The normalized spacial score (nSPS) is 10.6. The number of carbonyl (C=O) groups is 2. The van der Waals surface area contributed by atoms with Crippen LogP contribution in [-0.4, -0.2) is 18.4 Å². The van der Waals surface area contributed by atoms with Crippen molar-refractivity contribution in [1.29, 1.82) is 5.26 Å². The topological polar surface area (TPSA) is 94.0 Å². The van der Waals surface area contributed by atoms with Gasteiger partial charge in [0, 0.05) is 31.0 Å². The molecule has 0 aliphatic rings. The highest BCUT2D eigenvalue weighted by molar-refractivity contribution is 6.06. The van der Waals surface area contributed by atoms with Crippen molar-refractivity contribution in [3.63, 3.8) is 0 Å². The maximum Gasteiger partial charge on any atom is 0.267 e. The Balaban J connectivity index is 1.88. The van der Waals surface area contributed by atoms with Crippen molar-refractivity contribution in [1.82, 2.24) is 5.32 Å². The lowest BCUT2D eigenvalue weighted by Gasteiger charge is -2.07. The Bertz CT molecular complexity index is 880. The zero-order valence-corrected chi connectivity index (χ0v) is 15.4. The highest BCUT2D eigenvalue weighted by Crippen LogP contribution is 2.14. The first-order valence-corrected chi connectivity index (χ1v) is 8.56. The van der Waals surface area contributed by atoms with Gasteiger partial charge in [0.15, 0.2) is 0 Å². The number of nitrogens with one attached hydrogen (secondary N) is 3. The molecule has 0 aromatic heterocycles. The quantitative estimate of drug-likeness (QED) is 0.401. The van der Waals surface area contributed by atoms with Crippen LogP contribution >= 0.6 is 0 Å². The molecule has 2 rings (SSSR count). The largest absolute Gasteiger partial charge is 0.389 e. The molecule has 0 aliphatic heterocycles. The van der Waals surface area contributed by atoms with E-state index in [0.717, 1.165) is 6.42 Å². The highest BCUT2D eigenvalue weighted by Gasteiger charge is 2.09. The van der Waals surface area contributed by atoms with Gasteiger partial charge in [-0.2, -0.15) is 5.26 Å². The van der Waals surface area contributed by atoms with Gasteiger partial charge in [-0.1, -0.05) is 29.8 Å². The van der Waals surface area contributed by atoms with Crippen LogP contribution in [0.3, 0.4) is 0 Å². The molecule has 2 aromatic rings. The molecule has 0 atom stereocenters. The fraction of sp³-hybridized carbons (Fsp3) is 0.190. The molecule has 27 heavy (non-hydrogen) atoms. The Hall–Kier alpha value is -3.59. The van der Waals surface area contributed by atoms with E-state index in [2.05, 4.69) is 22.0 Å². The summed E-state index contributed by atoms with van der Waals surface area (Å²) in [5.74, 6) is -0.661. The average molecular weight is 362 g/mol. The number of aryl methyl sites for hydroxylation is 1. The highest BCUT2D eigenvalue weighted by atomic mass is 16.2. The van der Waals surface area contributed by atoms with Crippen molar-refractivity contribution >= 4 is 23.2 Å². The lowest BCUT2D eigenvalue weighted by Crippen LogP contribution is -2.18. The van der Waals surface area contributed by atoms with E-state index in [0.29, 0.717) is 17.9 Å². The van der Waals surface area contributed by atoms with E-state index in [1.807, 2.05) is 31.2 Å². The molecule has 0 aliphatic carbocycles. The summed E-state index contributed by atoms with van der Waals surface area (Å²) in [5, 5.41) is 17.5. The molecule has 6 heteroatoms. The molecule has 0 spiro atoms. The number of amides is 2. The van der Waals surface area contributed by atoms with Crippen molar-refractivity contribution in [3.8, 4) is 6.07 Å². The van der Waals surface area contributed by atoms with Gasteiger partial charge in [0.25, 0.3) is 5.91 Å². The fourth-order valence-electron chi connectivity index (χ4n) is 2.45. The van der Waals surface area contributed by atoms with Crippen LogP contribution in [-0.2, 0) is 16.0 Å². The average Bonchev–Trinajstić information content (AvgIpc) is 2.63. The molecule has 2 aromatic carbocycles. The van der Waals surface area contributed by atoms with Crippen LogP contribution in [0, 0.1) is 18.3 Å². The molecule has 138 valence electrons. The lowest BCUT2D eigenvalue weighted by molar-refractivity contribution is -0.114. The molecule has 2 amide bonds. The second kappa shape index (κ2) is 9.78. The summed E-state index contributed by atoms with van der Waals surface area (Å²) in [6.45, 7) is 4.08. The van der Waals surface area contributed by atoms with Crippen LogP contribution in [0.4, 0.5) is 11.4 Å². The molecule has 6 nitrogen and oxygen atoms in total. The first-order chi connectivity index (χ1) is 13.0. The Kier molecular flexibility index (Phi) is 7.15. The van der Waals surface area contributed by atoms with Gasteiger partial charge in [-0.3, -0.25) is 9.59 Å². The van der Waals surface area contributed by atoms with Gasteiger partial charge in [-0.15, -0.1) is 0 Å². The molecule has 0 unspecified atom stereocenters. The van der Waals surface area contributed by atoms with Crippen LogP contribution in [0.2, 0.25) is 0 Å². The van der Waals surface area contributed by atoms with Gasteiger partial charge in [0.2, 0.25) is 5.91 Å². The minimum Gasteiger partial charge on any atom is -0.389 e. The Morgan fingerprint density at radius 3 is 2.33 bits per heavy atom. The molecule has 0 fully saturated rings. The predicted molar refractivity (Wildman–Crippen MR) is 106 cm³/mol. The molecule has 0 saturated carbocycles. The maximum absolute atomic E-state index is 12.2. The van der Waals surface area contributed by atoms with E-state index >= 15 is 0 Å². The summed E-state index contributed by atoms with van der Waals surface area (Å²) in [7, 11) is 0. The number of anilines is 2. The lowest BCUT2D eigenvalue weighted by atomic mass is 10.1. The Morgan fingerprint density at radius 1 is 1.07 bits per heavy atom. The van der Waals surface area contributed by atoms with Crippen LogP contribution in [0.15, 0.2) is 60.3 Å². The van der Waals surface area contributed by atoms with Gasteiger partial charge in [0.1, 0.15) is 11.6 Å². The van der Waals surface area contributed by atoms with Gasteiger partial charge in [-0.25, -0.2) is 0 Å². The number of hydrogen-bond donors (Lipinski definition) is 3. The van der Waals surface area contributed by atoms with Gasteiger partial charge in [-0.05, 0) is 43.2 Å². The van der Waals surface area contributed by atoms with Crippen LogP contribution in [0.25, 0.3) is 0 Å². The molecular weight excluding hydrogens is 340 g/mol. The molecule has 3 N–H and O–H groups in total. The molecular formula is C21H22N4O2. The predicted octanol–water partition coefficient (Wildman–Crippen LogP) is 3.13. The second-order valence-corrected chi connectivity index (χ2v) is 6.08. The molecule has 0 bridgehead atoms. The van der Waals surface area contributed by atoms with E-state index in [-0.39, 0.29) is 11.5 Å². The van der Waals surface area contributed by atoms with Crippen molar-refractivity contribution in [2.45, 2.75) is 20.3 Å². The van der Waals surface area contributed by atoms with E-state index in [1.165, 1.54) is 24.3 Å². The van der Waals surface area contributed by atoms with Crippen molar-refractivity contribution in [2.75, 3.05) is 17.2 Å². The number of rotatable bonds is 7. The van der Waals surface area contributed by atoms with Crippen molar-refractivity contribution < 1.29 is 9.59 Å². The van der Waals surface area contributed by atoms with Gasteiger partial charge >= 0.3 is 0 Å². The summed E-state index contributed by atoms with van der Waals surface area (Å²) >= 11 is 0. The van der Waals surface area contributed by atoms with E-state index in [1.54, 1.807) is 24.3 Å². The number of nitrogens with zero attached hydrogens (tertiary/aromatic N) is 1. The van der Waals surface area contributed by atoms with E-state index < -0.39 is 5.91 Å². The SMILES string of the molecule is CC(=O)Nc1ccc(NC(=O)/C(C#N)=C\NCCc2cccc(C)c2)cc1. The van der Waals surface area contributed by atoms with E-state index in [4.69, 9.17) is 0 Å². The first-order valence-electron chi connectivity index (χ1n) is 8.56. The van der Waals surface area contributed by atoms with Crippen LogP contribution < -0.4 is 16.0 Å². The third-order valence-corrected chi connectivity index (χ3v) is 3.72. The van der Waals surface area contributed by atoms with Gasteiger partial charge in [0.05, 0.1) is 0 Å². The zero-order chi connectivity index (χ0) is 19.6. The third-order valence-electron chi connectivity index (χ3n) is 3.72. The third kappa shape index (κ3) is 6.67. The minimum absolute atomic E-state index is 0.00909. The molecule has 0 saturated heterocycles. The summed E-state index contributed by atoms with van der Waals surface area (Å²) in [5.41, 5.74) is 3.55. The second-order valence-electron chi connectivity index (χ2n) is 6.08. The maximum atomic E-state index is 12.2.